The van der Waals surface area contributed by atoms with Crippen molar-refractivity contribution >= 4 is 27.3 Å². The normalized spacial score (nSPS) is 16.8. The molecule has 8 heteroatoms. The number of hydrogen-bond acceptors (Lipinski definition) is 4. The van der Waals surface area contributed by atoms with Crippen LogP contribution in [-0.2, 0) is 16.4 Å². The molecule has 1 fully saturated rings. The minimum absolute atomic E-state index is 0.0458. The van der Waals surface area contributed by atoms with Gasteiger partial charge in [0.05, 0.1) is 10.5 Å². The van der Waals surface area contributed by atoms with Gasteiger partial charge in [-0.05, 0) is 68.3 Å². The molecule has 1 saturated heterocycles. The summed E-state index contributed by atoms with van der Waals surface area (Å²) >= 11 is 0. The van der Waals surface area contributed by atoms with Crippen LogP contribution in [-0.4, -0.2) is 44.3 Å². The third-order valence-electron chi connectivity index (χ3n) is 6.40. The molecule has 0 saturated carbocycles. The zero-order valence-electron chi connectivity index (χ0n) is 20.2. The van der Waals surface area contributed by atoms with Gasteiger partial charge in [0.1, 0.15) is 5.82 Å². The lowest BCUT2D eigenvalue weighted by molar-refractivity contribution is 0.102. The van der Waals surface area contributed by atoms with E-state index in [1.165, 1.54) is 10.4 Å². The second-order valence-corrected chi connectivity index (χ2v) is 10.8. The second kappa shape index (κ2) is 10.2. The van der Waals surface area contributed by atoms with Crippen LogP contribution in [0.1, 0.15) is 35.3 Å². The predicted octanol–water partition coefficient (Wildman–Crippen LogP) is 4.85. The number of carbonyl (C=O) groups excluding carboxylic acids is 1. The molecule has 4 rings (SSSR count). The van der Waals surface area contributed by atoms with Gasteiger partial charge in [0.15, 0.2) is 0 Å². The summed E-state index contributed by atoms with van der Waals surface area (Å²) in [5.74, 6) is -1.47. The summed E-state index contributed by atoms with van der Waals surface area (Å²) in [5, 5.41) is 2.65. The van der Waals surface area contributed by atoms with Gasteiger partial charge in [-0.3, -0.25) is 4.79 Å². The maximum Gasteiger partial charge on any atom is 0.258 e. The molecule has 0 aliphatic carbocycles. The fourth-order valence-corrected chi connectivity index (χ4v) is 5.81. The first-order chi connectivity index (χ1) is 16.7. The van der Waals surface area contributed by atoms with Crippen LogP contribution in [0.25, 0.3) is 0 Å². The maximum atomic E-state index is 14.5. The van der Waals surface area contributed by atoms with Crippen molar-refractivity contribution in [1.29, 1.82) is 0 Å². The number of piperazine rings is 1. The molecule has 0 radical (unpaired) electrons. The third-order valence-corrected chi connectivity index (χ3v) is 8.26. The number of carbonyl (C=O) groups is 1. The Hall–Kier alpha value is -3.23. The lowest BCUT2D eigenvalue weighted by Gasteiger charge is -2.40. The number of nitrogens with zero attached hydrogens (tertiary/aromatic N) is 2. The first-order valence-electron chi connectivity index (χ1n) is 11.7. The average molecular weight is 496 g/mol. The zero-order chi connectivity index (χ0) is 25.2. The highest BCUT2D eigenvalue weighted by molar-refractivity contribution is 7.89. The standard InChI is InChI=1S/C27H30FN3O3S/c1-4-21-7-9-22(10-8-21)29-27(32)25-17-24(13-14-26(25)28)35(33,34)30-15-16-31(20(3)18-30)23-11-5-19(2)6-12-23/h5-14,17,20H,4,15-16,18H2,1-3H3,(H,29,32)/t20-/m1/s1. The Morgan fingerprint density at radius 1 is 1.03 bits per heavy atom. The van der Waals surface area contributed by atoms with Gasteiger partial charge < -0.3 is 10.2 Å². The molecule has 1 amide bonds. The quantitative estimate of drug-likeness (QED) is 0.531. The van der Waals surface area contributed by atoms with Gasteiger partial charge in [-0.15, -0.1) is 0 Å². The van der Waals surface area contributed by atoms with Crippen LogP contribution in [0.4, 0.5) is 15.8 Å². The topological polar surface area (TPSA) is 69.7 Å². The number of sulfonamides is 1. The van der Waals surface area contributed by atoms with Crippen LogP contribution in [0, 0.1) is 12.7 Å². The Balaban J connectivity index is 1.51. The molecular formula is C27H30FN3O3S. The molecule has 6 nitrogen and oxygen atoms in total. The van der Waals surface area contributed by atoms with Crippen LogP contribution in [0.3, 0.4) is 0 Å². The Kier molecular flexibility index (Phi) is 7.23. The van der Waals surface area contributed by atoms with E-state index in [2.05, 4.69) is 10.2 Å². The van der Waals surface area contributed by atoms with Crippen molar-refractivity contribution in [2.75, 3.05) is 29.9 Å². The number of hydrogen-bond donors (Lipinski definition) is 1. The summed E-state index contributed by atoms with van der Waals surface area (Å²) in [7, 11) is -3.90. The molecule has 35 heavy (non-hydrogen) atoms. The van der Waals surface area contributed by atoms with Crippen molar-refractivity contribution in [3.63, 3.8) is 0 Å². The molecule has 0 spiro atoms. The number of nitrogens with one attached hydrogen (secondary N) is 1. The van der Waals surface area contributed by atoms with Gasteiger partial charge in [0.2, 0.25) is 10.0 Å². The van der Waals surface area contributed by atoms with Crippen molar-refractivity contribution in [1.82, 2.24) is 4.31 Å². The van der Waals surface area contributed by atoms with Gasteiger partial charge in [-0.25, -0.2) is 12.8 Å². The van der Waals surface area contributed by atoms with Crippen molar-refractivity contribution in [3.05, 3.63) is 89.2 Å². The Labute approximate surface area is 206 Å². The van der Waals surface area contributed by atoms with E-state index in [1.807, 2.05) is 57.2 Å². The zero-order valence-corrected chi connectivity index (χ0v) is 21.0. The van der Waals surface area contributed by atoms with Gasteiger partial charge >= 0.3 is 0 Å². The monoisotopic (exact) mass is 495 g/mol. The Morgan fingerprint density at radius 3 is 2.34 bits per heavy atom. The molecule has 3 aromatic rings. The number of amides is 1. The van der Waals surface area contributed by atoms with E-state index in [-0.39, 0.29) is 16.5 Å². The van der Waals surface area contributed by atoms with Crippen LogP contribution in [0.2, 0.25) is 0 Å². The summed E-state index contributed by atoms with van der Waals surface area (Å²) in [6, 6.07) is 18.7. The molecule has 0 bridgehead atoms. The molecule has 0 aromatic heterocycles. The first kappa shape index (κ1) is 24.9. The summed E-state index contributed by atoms with van der Waals surface area (Å²) in [6.07, 6.45) is 0.862. The fourth-order valence-electron chi connectivity index (χ4n) is 4.27. The van der Waals surface area contributed by atoms with Crippen molar-refractivity contribution in [2.45, 2.75) is 38.1 Å². The third kappa shape index (κ3) is 5.39. The van der Waals surface area contributed by atoms with Crippen LogP contribution in [0.5, 0.6) is 0 Å². The molecule has 0 unspecified atom stereocenters. The number of aryl methyl sites for hydroxylation is 2. The minimum Gasteiger partial charge on any atom is -0.366 e. The highest BCUT2D eigenvalue weighted by Gasteiger charge is 2.33. The molecule has 3 aromatic carbocycles. The average Bonchev–Trinajstić information content (AvgIpc) is 2.85. The number of halogens is 1. The van der Waals surface area contributed by atoms with E-state index in [1.54, 1.807) is 12.1 Å². The number of anilines is 2. The summed E-state index contributed by atoms with van der Waals surface area (Å²) < 4.78 is 42.7. The largest absolute Gasteiger partial charge is 0.366 e. The lowest BCUT2D eigenvalue weighted by Crippen LogP contribution is -2.53. The molecular weight excluding hydrogens is 465 g/mol. The minimum atomic E-state index is -3.90. The van der Waals surface area contributed by atoms with Gasteiger partial charge in [-0.1, -0.05) is 36.8 Å². The van der Waals surface area contributed by atoms with Crippen molar-refractivity contribution in [3.8, 4) is 0 Å². The van der Waals surface area contributed by atoms with E-state index in [0.29, 0.717) is 25.3 Å². The summed E-state index contributed by atoms with van der Waals surface area (Å²) in [6.45, 7) is 7.15. The molecule has 1 atom stereocenters. The van der Waals surface area contributed by atoms with Crippen LogP contribution in [0.15, 0.2) is 71.6 Å². The highest BCUT2D eigenvalue weighted by Crippen LogP contribution is 2.26. The van der Waals surface area contributed by atoms with E-state index >= 15 is 0 Å². The van der Waals surface area contributed by atoms with E-state index in [4.69, 9.17) is 0 Å². The predicted molar refractivity (Wildman–Crippen MR) is 137 cm³/mol. The van der Waals surface area contributed by atoms with E-state index in [0.717, 1.165) is 35.4 Å². The second-order valence-electron chi connectivity index (χ2n) is 8.89. The van der Waals surface area contributed by atoms with Gasteiger partial charge in [-0.2, -0.15) is 4.31 Å². The summed E-state index contributed by atoms with van der Waals surface area (Å²) in [4.78, 5) is 14.8. The summed E-state index contributed by atoms with van der Waals surface area (Å²) in [5.41, 5.74) is 3.53. The Morgan fingerprint density at radius 2 is 1.71 bits per heavy atom. The Bertz CT molecular complexity index is 1310. The smallest absolute Gasteiger partial charge is 0.258 e. The molecule has 1 aliphatic rings. The van der Waals surface area contributed by atoms with Crippen LogP contribution < -0.4 is 10.2 Å². The number of rotatable bonds is 6. The van der Waals surface area contributed by atoms with E-state index in [9.17, 15) is 17.6 Å². The fraction of sp³-hybridized carbons (Fsp3) is 0.296. The molecule has 1 N–H and O–H groups in total. The van der Waals surface area contributed by atoms with Gasteiger partial charge in [0, 0.05) is 37.1 Å². The molecule has 184 valence electrons. The van der Waals surface area contributed by atoms with Crippen molar-refractivity contribution in [2.24, 2.45) is 0 Å². The SMILES string of the molecule is CCc1ccc(NC(=O)c2cc(S(=O)(=O)N3CCN(c4ccc(C)cc4)[C@H](C)C3)ccc2F)cc1. The van der Waals surface area contributed by atoms with Crippen molar-refractivity contribution < 1.29 is 17.6 Å². The highest BCUT2D eigenvalue weighted by atomic mass is 32.2. The molecule has 1 heterocycles. The van der Waals surface area contributed by atoms with Gasteiger partial charge in [0.25, 0.3) is 5.91 Å². The van der Waals surface area contributed by atoms with E-state index < -0.39 is 21.7 Å². The number of benzene rings is 3. The molecule has 1 aliphatic heterocycles. The van der Waals surface area contributed by atoms with Crippen LogP contribution >= 0.6 is 0 Å². The maximum absolute atomic E-state index is 14.5. The lowest BCUT2D eigenvalue weighted by atomic mass is 10.1. The first-order valence-corrected chi connectivity index (χ1v) is 13.2.